The molecule has 0 fully saturated rings. The van der Waals surface area contributed by atoms with Crippen LogP contribution in [0.5, 0.6) is 0 Å². The molecule has 0 saturated carbocycles. The van der Waals surface area contributed by atoms with Crippen LogP contribution in [-0.2, 0) is 9.53 Å². The molecule has 0 heterocycles. The first-order valence-corrected chi connectivity index (χ1v) is 4.29. The van der Waals surface area contributed by atoms with Gasteiger partial charge in [-0.1, -0.05) is 29.8 Å². The van der Waals surface area contributed by atoms with Crippen molar-refractivity contribution in [2.45, 2.75) is 19.8 Å². The molecular weight excluding hydrogens is 196 g/mol. The van der Waals surface area contributed by atoms with Gasteiger partial charge in [-0.3, -0.25) is 4.79 Å². The van der Waals surface area contributed by atoms with E-state index in [2.05, 4.69) is 4.74 Å². The first-order valence-electron chi connectivity index (χ1n) is 4.29. The number of aryl methyl sites for hydroxylation is 1. The van der Waals surface area contributed by atoms with E-state index in [4.69, 9.17) is 0 Å². The van der Waals surface area contributed by atoms with Gasteiger partial charge in [0.05, 0.1) is 13.0 Å². The van der Waals surface area contributed by atoms with Crippen molar-refractivity contribution in [3.05, 3.63) is 35.4 Å². The Bertz CT molecular complexity index is 293. The van der Waals surface area contributed by atoms with E-state index in [-0.39, 0.29) is 25.4 Å². The van der Waals surface area contributed by atoms with Gasteiger partial charge < -0.3 is 4.74 Å². The number of benzene rings is 1. The van der Waals surface area contributed by atoms with E-state index in [0.29, 0.717) is 0 Å². The highest BCUT2D eigenvalue weighted by Gasteiger charge is 2.14. The van der Waals surface area contributed by atoms with Crippen LogP contribution >= 0.6 is 13.5 Å². The third-order valence-electron chi connectivity index (χ3n) is 2.13. The molecule has 14 heavy (non-hydrogen) atoms. The monoisotopic (exact) mass is 212 g/mol. The lowest BCUT2D eigenvalue weighted by atomic mass is 10.0. The number of hydrogen-bond acceptors (Lipinski definition) is 2. The first-order chi connectivity index (χ1) is 6.15. The van der Waals surface area contributed by atoms with Crippen molar-refractivity contribution in [3.63, 3.8) is 0 Å². The average Bonchev–Trinajstić information content (AvgIpc) is 2.17. The fourth-order valence-corrected chi connectivity index (χ4v) is 1.17. The maximum absolute atomic E-state index is 11.2. The Morgan fingerprint density at radius 2 is 1.79 bits per heavy atom. The smallest absolute Gasteiger partial charge is 0.312 e. The van der Waals surface area contributed by atoms with Crippen LogP contribution in [0, 0.1) is 6.92 Å². The van der Waals surface area contributed by atoms with Crippen LogP contribution in [0.3, 0.4) is 0 Å². The van der Waals surface area contributed by atoms with Crippen molar-refractivity contribution >= 4 is 19.5 Å². The summed E-state index contributed by atoms with van der Waals surface area (Å²) in [7, 11) is 1.41. The number of methoxy groups -OCH3 is 1. The van der Waals surface area contributed by atoms with Crippen LogP contribution in [0.2, 0.25) is 0 Å². The molecule has 0 radical (unpaired) electrons. The summed E-state index contributed by atoms with van der Waals surface area (Å²) in [6.07, 6.45) is 0. The minimum atomic E-state index is -0.191. The molecule has 3 heteroatoms. The van der Waals surface area contributed by atoms with Gasteiger partial charge in [-0.05, 0) is 19.4 Å². The van der Waals surface area contributed by atoms with E-state index in [0.717, 1.165) is 5.56 Å². The highest BCUT2D eigenvalue weighted by Crippen LogP contribution is 2.16. The number of esters is 1. The number of ether oxygens (including phenoxy) is 1. The molecule has 0 amide bonds. The van der Waals surface area contributed by atoms with Gasteiger partial charge in [-0.2, -0.15) is 13.5 Å². The molecule has 0 aromatic heterocycles. The third kappa shape index (κ3) is 3.07. The van der Waals surface area contributed by atoms with Gasteiger partial charge in [-0.25, -0.2) is 0 Å². The zero-order valence-corrected chi connectivity index (χ0v) is 9.70. The van der Waals surface area contributed by atoms with Gasteiger partial charge in [0.2, 0.25) is 0 Å². The lowest BCUT2D eigenvalue weighted by Crippen LogP contribution is -2.10. The van der Waals surface area contributed by atoms with E-state index in [1.54, 1.807) is 0 Å². The normalized spacial score (nSPS) is 11.4. The van der Waals surface area contributed by atoms with Gasteiger partial charge in [0.25, 0.3) is 0 Å². The first kappa shape index (κ1) is 13.0. The molecule has 0 N–H and O–H groups in total. The molecular formula is C11H16O2S. The van der Waals surface area contributed by atoms with Crippen LogP contribution < -0.4 is 0 Å². The minimum Gasteiger partial charge on any atom is -0.469 e. The summed E-state index contributed by atoms with van der Waals surface area (Å²) in [6.45, 7) is 3.86. The molecule has 0 spiro atoms. The molecule has 1 aromatic carbocycles. The Morgan fingerprint density at radius 1 is 1.29 bits per heavy atom. The molecule has 2 nitrogen and oxygen atoms in total. The second-order valence-electron chi connectivity index (χ2n) is 3.16. The highest BCUT2D eigenvalue weighted by atomic mass is 32.1. The molecule has 0 bridgehead atoms. The predicted molar refractivity (Wildman–Crippen MR) is 62.0 cm³/mol. The SMILES string of the molecule is COC(=O)C(C)c1ccc(C)cc1.S. The predicted octanol–water partition coefficient (Wildman–Crippen LogP) is 2.38. The Hall–Kier alpha value is -0.960. The summed E-state index contributed by atoms with van der Waals surface area (Å²) in [4.78, 5) is 11.2. The Labute approximate surface area is 91.7 Å². The second kappa shape index (κ2) is 5.70. The molecule has 0 aliphatic rings. The summed E-state index contributed by atoms with van der Waals surface area (Å²) in [6, 6.07) is 7.90. The second-order valence-corrected chi connectivity index (χ2v) is 3.16. The van der Waals surface area contributed by atoms with Crippen LogP contribution in [-0.4, -0.2) is 13.1 Å². The van der Waals surface area contributed by atoms with Crippen molar-refractivity contribution in [3.8, 4) is 0 Å². The highest BCUT2D eigenvalue weighted by molar-refractivity contribution is 7.59. The lowest BCUT2D eigenvalue weighted by Gasteiger charge is -2.08. The fraction of sp³-hybridized carbons (Fsp3) is 0.364. The summed E-state index contributed by atoms with van der Waals surface area (Å²) in [5, 5.41) is 0. The summed E-state index contributed by atoms with van der Waals surface area (Å²) in [5.41, 5.74) is 2.19. The zero-order chi connectivity index (χ0) is 9.84. The van der Waals surface area contributed by atoms with Crippen LogP contribution in [0.25, 0.3) is 0 Å². The van der Waals surface area contributed by atoms with E-state index >= 15 is 0 Å². The van der Waals surface area contributed by atoms with Crippen LogP contribution in [0.4, 0.5) is 0 Å². The van der Waals surface area contributed by atoms with Crippen molar-refractivity contribution < 1.29 is 9.53 Å². The third-order valence-corrected chi connectivity index (χ3v) is 2.13. The Morgan fingerprint density at radius 3 is 2.21 bits per heavy atom. The molecule has 1 aromatic rings. The summed E-state index contributed by atoms with van der Waals surface area (Å²) >= 11 is 0. The average molecular weight is 212 g/mol. The van der Waals surface area contributed by atoms with Crippen molar-refractivity contribution in [2.24, 2.45) is 0 Å². The number of hydrogen-bond donors (Lipinski definition) is 0. The minimum absolute atomic E-state index is 0. The maximum Gasteiger partial charge on any atom is 0.312 e. The lowest BCUT2D eigenvalue weighted by molar-refractivity contribution is -0.141. The summed E-state index contributed by atoms with van der Waals surface area (Å²) < 4.78 is 4.66. The number of carbonyl (C=O) groups is 1. The van der Waals surface area contributed by atoms with Gasteiger partial charge >= 0.3 is 5.97 Å². The van der Waals surface area contributed by atoms with Gasteiger partial charge in [0.15, 0.2) is 0 Å². The van der Waals surface area contributed by atoms with Crippen molar-refractivity contribution in [2.75, 3.05) is 7.11 Å². The molecule has 0 saturated heterocycles. The van der Waals surface area contributed by atoms with E-state index in [1.807, 2.05) is 38.1 Å². The molecule has 78 valence electrons. The Balaban J connectivity index is 0.00000169. The van der Waals surface area contributed by atoms with Gasteiger partial charge in [-0.15, -0.1) is 0 Å². The number of carbonyl (C=O) groups excluding carboxylic acids is 1. The molecule has 1 unspecified atom stereocenters. The Kier molecular flexibility index (Phi) is 5.31. The molecule has 1 atom stereocenters. The standard InChI is InChI=1S/C11H14O2.H2S/c1-8-4-6-10(7-5-8)9(2)11(12)13-3;/h4-7,9H,1-3H3;1H2. The molecule has 1 rings (SSSR count). The van der Waals surface area contributed by atoms with E-state index < -0.39 is 0 Å². The van der Waals surface area contributed by atoms with E-state index in [1.165, 1.54) is 12.7 Å². The largest absolute Gasteiger partial charge is 0.469 e. The summed E-state index contributed by atoms with van der Waals surface area (Å²) in [5.74, 6) is -0.366. The molecule has 0 aliphatic heterocycles. The molecule has 0 aliphatic carbocycles. The van der Waals surface area contributed by atoms with Crippen molar-refractivity contribution in [1.29, 1.82) is 0 Å². The zero-order valence-electron chi connectivity index (χ0n) is 8.70. The maximum atomic E-state index is 11.2. The quantitative estimate of drug-likeness (QED) is 0.704. The topological polar surface area (TPSA) is 26.3 Å². The van der Waals surface area contributed by atoms with Crippen LogP contribution in [0.15, 0.2) is 24.3 Å². The van der Waals surface area contributed by atoms with E-state index in [9.17, 15) is 4.79 Å². The fourth-order valence-electron chi connectivity index (χ4n) is 1.17. The van der Waals surface area contributed by atoms with Gasteiger partial charge in [0, 0.05) is 0 Å². The van der Waals surface area contributed by atoms with Crippen molar-refractivity contribution in [1.82, 2.24) is 0 Å². The number of rotatable bonds is 2. The van der Waals surface area contributed by atoms with Gasteiger partial charge in [0.1, 0.15) is 0 Å². The van der Waals surface area contributed by atoms with Crippen LogP contribution in [0.1, 0.15) is 24.0 Å².